The number of nitriles is 1. The maximum atomic E-state index is 8.80. The number of hydrogen-bond acceptors (Lipinski definition) is 5. The highest BCUT2D eigenvalue weighted by molar-refractivity contribution is 7.17. The molecule has 0 amide bonds. The lowest BCUT2D eigenvalue weighted by molar-refractivity contribution is 0.549. The zero-order valence-corrected chi connectivity index (χ0v) is 11.7. The van der Waals surface area contributed by atoms with E-state index < -0.39 is 0 Å². The van der Waals surface area contributed by atoms with Gasteiger partial charge in [0.25, 0.3) is 0 Å². The first-order valence-corrected chi connectivity index (χ1v) is 7.04. The number of aromatic nitrogens is 1. The molecule has 0 aliphatic heterocycles. The average molecular weight is 294 g/mol. The Morgan fingerprint density at radius 2 is 2.05 bits per heavy atom. The van der Waals surface area contributed by atoms with Crippen LogP contribution in [0.1, 0.15) is 0 Å². The second-order valence-corrected chi connectivity index (χ2v) is 4.92. The third kappa shape index (κ3) is 2.99. The van der Waals surface area contributed by atoms with Gasteiger partial charge in [-0.2, -0.15) is 5.26 Å². The molecule has 1 aromatic heterocycles. The minimum Gasteiger partial charge on any atom is -0.425 e. The van der Waals surface area contributed by atoms with Gasteiger partial charge < -0.3 is 10.1 Å². The van der Waals surface area contributed by atoms with Crippen LogP contribution in [0.25, 0.3) is 10.2 Å². The Balaban J connectivity index is 1.88. The van der Waals surface area contributed by atoms with Crippen LogP contribution < -0.4 is 10.1 Å². The van der Waals surface area contributed by atoms with Crippen molar-refractivity contribution in [1.82, 2.24) is 4.98 Å². The maximum absolute atomic E-state index is 8.80. The van der Waals surface area contributed by atoms with Gasteiger partial charge in [-0.3, -0.25) is 0 Å². The van der Waals surface area contributed by atoms with Crippen LogP contribution in [-0.4, -0.2) is 11.0 Å². The summed E-state index contributed by atoms with van der Waals surface area (Å²) in [6.07, 6.45) is 1.74. The number of hydrogen-bond donors (Lipinski definition) is 1. The lowest BCUT2D eigenvalue weighted by atomic mass is 10.3. The minimum absolute atomic E-state index is 0.129. The van der Waals surface area contributed by atoms with Crippen LogP contribution in [0, 0.1) is 11.5 Å². The zero-order valence-electron chi connectivity index (χ0n) is 10.9. The summed E-state index contributed by atoms with van der Waals surface area (Å²) in [4.78, 5) is 7.93. The predicted molar refractivity (Wildman–Crippen MR) is 83.4 cm³/mol. The third-order valence-electron chi connectivity index (χ3n) is 2.71. The fourth-order valence-electron chi connectivity index (χ4n) is 1.82. The molecule has 0 radical (unpaired) electrons. The topological polar surface area (TPSA) is 70.3 Å². The van der Waals surface area contributed by atoms with Crippen LogP contribution in [0.15, 0.2) is 59.0 Å². The molecule has 0 saturated heterocycles. The summed E-state index contributed by atoms with van der Waals surface area (Å²) in [5, 5.41) is 11.8. The zero-order chi connectivity index (χ0) is 14.5. The van der Waals surface area contributed by atoms with Crippen molar-refractivity contribution >= 4 is 33.3 Å². The van der Waals surface area contributed by atoms with E-state index in [1.54, 1.807) is 23.8 Å². The molecule has 1 N–H and O–H groups in total. The number of anilines is 1. The average Bonchev–Trinajstić information content (AvgIpc) is 2.98. The third-order valence-corrected chi connectivity index (χ3v) is 3.58. The van der Waals surface area contributed by atoms with Crippen LogP contribution in [0.2, 0.25) is 0 Å². The van der Waals surface area contributed by atoms with E-state index in [0.717, 1.165) is 15.9 Å². The van der Waals surface area contributed by atoms with Gasteiger partial charge in [-0.25, -0.2) is 4.98 Å². The largest absolute Gasteiger partial charge is 0.425 e. The van der Waals surface area contributed by atoms with Gasteiger partial charge in [0.1, 0.15) is 5.75 Å². The number of nitrogens with zero attached hydrogens (tertiary/aromatic N) is 3. The number of ether oxygens (including phenoxy) is 1. The first kappa shape index (κ1) is 13.1. The van der Waals surface area contributed by atoms with E-state index in [1.165, 1.54) is 11.3 Å². The molecule has 0 spiro atoms. The maximum Gasteiger partial charge on any atom is 0.310 e. The number of thiazole rings is 1. The number of amidine groups is 1. The molecular formula is C15H10N4OS. The second kappa shape index (κ2) is 6.03. The highest BCUT2D eigenvalue weighted by Gasteiger charge is 2.08. The van der Waals surface area contributed by atoms with E-state index in [4.69, 9.17) is 10.00 Å². The molecule has 0 atom stereocenters. The summed E-state index contributed by atoms with van der Waals surface area (Å²) in [5.74, 6) is 0.607. The number of nitrogens with one attached hydrogen (secondary N) is 1. The molecule has 0 saturated carbocycles. The Hall–Kier alpha value is -2.91. The number of benzene rings is 2. The lowest BCUT2D eigenvalue weighted by Crippen LogP contribution is -2.19. The smallest absolute Gasteiger partial charge is 0.310 e. The van der Waals surface area contributed by atoms with Crippen molar-refractivity contribution in [3.63, 3.8) is 0 Å². The molecule has 0 fully saturated rings. The fraction of sp³-hybridized carbons (Fsp3) is 0. The van der Waals surface area contributed by atoms with Crippen LogP contribution in [-0.2, 0) is 0 Å². The first-order valence-electron chi connectivity index (χ1n) is 6.16. The highest BCUT2D eigenvalue weighted by atomic mass is 32.1. The normalized spacial score (nSPS) is 11.1. The van der Waals surface area contributed by atoms with E-state index in [9.17, 15) is 0 Å². The molecule has 0 aliphatic carbocycles. The van der Waals surface area contributed by atoms with Gasteiger partial charge in [0.05, 0.1) is 21.4 Å². The predicted octanol–water partition coefficient (Wildman–Crippen LogP) is 3.62. The van der Waals surface area contributed by atoms with E-state index in [-0.39, 0.29) is 6.02 Å². The van der Waals surface area contributed by atoms with E-state index >= 15 is 0 Å². The molecule has 2 aromatic carbocycles. The monoisotopic (exact) mass is 294 g/mol. The summed E-state index contributed by atoms with van der Waals surface area (Å²) in [7, 11) is 0. The molecule has 1 heterocycles. The Morgan fingerprint density at radius 1 is 1.19 bits per heavy atom. The number of aliphatic imine (C=N–C) groups is 1. The van der Waals surface area contributed by atoms with Gasteiger partial charge in [-0.05, 0) is 24.3 Å². The second-order valence-electron chi connectivity index (χ2n) is 4.06. The highest BCUT2D eigenvalue weighted by Crippen LogP contribution is 2.26. The molecule has 0 aliphatic rings. The van der Waals surface area contributed by atoms with Crippen molar-refractivity contribution in [1.29, 1.82) is 5.26 Å². The Bertz CT molecular complexity index is 820. The van der Waals surface area contributed by atoms with Crippen molar-refractivity contribution in [2.45, 2.75) is 0 Å². The van der Waals surface area contributed by atoms with Crippen LogP contribution in [0.3, 0.4) is 0 Å². The molecule has 102 valence electrons. The van der Waals surface area contributed by atoms with Gasteiger partial charge in [0.2, 0.25) is 6.19 Å². The van der Waals surface area contributed by atoms with Crippen molar-refractivity contribution < 1.29 is 4.74 Å². The van der Waals surface area contributed by atoms with Crippen molar-refractivity contribution in [2.75, 3.05) is 5.32 Å². The molecule has 3 rings (SSSR count). The Labute approximate surface area is 125 Å². The number of rotatable bonds is 2. The summed E-state index contributed by atoms with van der Waals surface area (Å²) in [6, 6.07) is 15.0. The number of para-hydroxylation sites is 1. The van der Waals surface area contributed by atoms with Crippen LogP contribution in [0.4, 0.5) is 5.69 Å². The van der Waals surface area contributed by atoms with Gasteiger partial charge in [0.15, 0.2) is 0 Å². The standard InChI is InChI=1S/C15H10N4OS/c16-9-17-15(20-11-5-2-1-3-6-11)19-13-8-4-7-12-14(13)21-10-18-12/h1-8,10H,(H,17,19). The van der Waals surface area contributed by atoms with E-state index in [2.05, 4.69) is 15.3 Å². The van der Waals surface area contributed by atoms with E-state index in [1.807, 2.05) is 36.4 Å². The summed E-state index contributed by atoms with van der Waals surface area (Å²) in [5.41, 5.74) is 3.47. The van der Waals surface area contributed by atoms with Gasteiger partial charge in [-0.1, -0.05) is 24.3 Å². The molecule has 3 aromatic rings. The van der Waals surface area contributed by atoms with Gasteiger partial charge >= 0.3 is 6.02 Å². The molecule has 5 nitrogen and oxygen atoms in total. The summed E-state index contributed by atoms with van der Waals surface area (Å²) < 4.78 is 6.57. The lowest BCUT2D eigenvalue weighted by Gasteiger charge is -2.10. The SMILES string of the molecule is N#C/N=C(/Nc1cccc2ncsc12)Oc1ccccc1. The first-order chi connectivity index (χ1) is 10.4. The number of fused-ring (bicyclic) bond motifs is 1. The summed E-state index contributed by atoms with van der Waals surface area (Å²) >= 11 is 1.51. The van der Waals surface area contributed by atoms with Crippen molar-refractivity contribution in [3.8, 4) is 11.9 Å². The molecule has 0 bridgehead atoms. The molecular weight excluding hydrogens is 284 g/mol. The fourth-order valence-corrected chi connectivity index (χ4v) is 2.58. The van der Waals surface area contributed by atoms with Crippen LogP contribution in [0.5, 0.6) is 5.75 Å². The minimum atomic E-state index is 0.129. The Kier molecular flexibility index (Phi) is 3.76. The van der Waals surface area contributed by atoms with Crippen molar-refractivity contribution in [3.05, 3.63) is 54.0 Å². The summed E-state index contributed by atoms with van der Waals surface area (Å²) in [6.45, 7) is 0. The Morgan fingerprint density at radius 3 is 2.86 bits per heavy atom. The van der Waals surface area contributed by atoms with Crippen molar-refractivity contribution in [2.24, 2.45) is 4.99 Å². The van der Waals surface area contributed by atoms with Gasteiger partial charge in [0, 0.05) is 0 Å². The van der Waals surface area contributed by atoms with Gasteiger partial charge in [-0.15, -0.1) is 16.3 Å². The molecule has 21 heavy (non-hydrogen) atoms. The quantitative estimate of drug-likeness (QED) is 0.445. The molecule has 6 heteroatoms. The van der Waals surface area contributed by atoms with Crippen LogP contribution >= 0.6 is 11.3 Å². The van der Waals surface area contributed by atoms with E-state index in [0.29, 0.717) is 5.75 Å². The molecule has 0 unspecified atom stereocenters.